The minimum absolute atomic E-state index is 0.116. The van der Waals surface area contributed by atoms with Gasteiger partial charge < -0.3 is 11.5 Å². The Balaban J connectivity index is 2.65. The van der Waals surface area contributed by atoms with Crippen molar-refractivity contribution < 1.29 is 9.59 Å². The number of urea groups is 1. The van der Waals surface area contributed by atoms with E-state index in [-0.39, 0.29) is 12.6 Å². The number of carbonyl (C=O) groups is 2. The van der Waals surface area contributed by atoms with Crippen molar-refractivity contribution in [3.63, 3.8) is 0 Å². The van der Waals surface area contributed by atoms with Crippen LogP contribution in [0.3, 0.4) is 0 Å². The second-order valence-corrected chi connectivity index (χ2v) is 4.65. The van der Waals surface area contributed by atoms with Gasteiger partial charge in [0.2, 0.25) is 5.91 Å². The zero-order chi connectivity index (χ0) is 14.4. The van der Waals surface area contributed by atoms with Crippen LogP contribution in [0.15, 0.2) is 24.3 Å². The van der Waals surface area contributed by atoms with Crippen LogP contribution < -0.4 is 16.8 Å². The number of imide groups is 1. The molecule has 0 saturated carbocycles. The SMILES string of the molecule is CC(C)N(CC(=O)NC(N)=O)Cc1ccc(N)cc1. The molecule has 104 valence electrons. The number of hydrogen-bond acceptors (Lipinski definition) is 4. The molecule has 0 aliphatic heterocycles. The predicted molar refractivity (Wildman–Crippen MR) is 74.1 cm³/mol. The van der Waals surface area contributed by atoms with Gasteiger partial charge in [-0.3, -0.25) is 15.0 Å². The predicted octanol–water partition coefficient (Wildman–Crippen LogP) is 0.674. The summed E-state index contributed by atoms with van der Waals surface area (Å²) in [6.45, 7) is 4.68. The van der Waals surface area contributed by atoms with E-state index in [1.165, 1.54) is 0 Å². The fourth-order valence-corrected chi connectivity index (χ4v) is 1.64. The van der Waals surface area contributed by atoms with E-state index in [9.17, 15) is 9.59 Å². The Labute approximate surface area is 112 Å². The average molecular weight is 264 g/mol. The highest BCUT2D eigenvalue weighted by molar-refractivity contribution is 5.94. The highest BCUT2D eigenvalue weighted by atomic mass is 16.2. The lowest BCUT2D eigenvalue weighted by atomic mass is 10.1. The number of rotatable bonds is 5. The molecular formula is C13H20N4O2. The maximum atomic E-state index is 11.5. The van der Waals surface area contributed by atoms with Crippen molar-refractivity contribution >= 4 is 17.6 Å². The van der Waals surface area contributed by atoms with Gasteiger partial charge in [-0.15, -0.1) is 0 Å². The Morgan fingerprint density at radius 2 is 1.84 bits per heavy atom. The average Bonchev–Trinajstić information content (AvgIpc) is 2.29. The van der Waals surface area contributed by atoms with Crippen LogP contribution in [0.5, 0.6) is 0 Å². The van der Waals surface area contributed by atoms with E-state index >= 15 is 0 Å². The number of nitrogens with one attached hydrogen (secondary N) is 1. The second-order valence-electron chi connectivity index (χ2n) is 4.65. The van der Waals surface area contributed by atoms with E-state index < -0.39 is 11.9 Å². The zero-order valence-corrected chi connectivity index (χ0v) is 11.2. The third kappa shape index (κ3) is 5.39. The summed E-state index contributed by atoms with van der Waals surface area (Å²) in [4.78, 5) is 24.1. The first-order valence-corrected chi connectivity index (χ1v) is 6.06. The molecular weight excluding hydrogens is 244 g/mol. The number of amides is 3. The van der Waals surface area contributed by atoms with Crippen LogP contribution in [0, 0.1) is 0 Å². The minimum atomic E-state index is -0.832. The molecule has 5 N–H and O–H groups in total. The molecule has 1 rings (SSSR count). The monoisotopic (exact) mass is 264 g/mol. The van der Waals surface area contributed by atoms with Gasteiger partial charge in [-0.25, -0.2) is 4.79 Å². The molecule has 0 aliphatic carbocycles. The largest absolute Gasteiger partial charge is 0.399 e. The molecule has 0 radical (unpaired) electrons. The molecule has 6 nitrogen and oxygen atoms in total. The fourth-order valence-electron chi connectivity index (χ4n) is 1.64. The molecule has 0 unspecified atom stereocenters. The lowest BCUT2D eigenvalue weighted by Gasteiger charge is -2.25. The van der Waals surface area contributed by atoms with Crippen molar-refractivity contribution in [3.8, 4) is 0 Å². The Morgan fingerprint density at radius 1 is 1.26 bits per heavy atom. The van der Waals surface area contributed by atoms with Crippen molar-refractivity contribution in [2.75, 3.05) is 12.3 Å². The zero-order valence-electron chi connectivity index (χ0n) is 11.2. The number of primary amides is 1. The van der Waals surface area contributed by atoms with E-state index in [1.54, 1.807) is 0 Å². The molecule has 0 atom stereocenters. The minimum Gasteiger partial charge on any atom is -0.399 e. The third-order valence-corrected chi connectivity index (χ3v) is 2.70. The molecule has 1 aromatic rings. The molecule has 6 heteroatoms. The molecule has 1 aromatic carbocycles. The summed E-state index contributed by atoms with van der Waals surface area (Å²) in [5, 5.41) is 2.06. The van der Waals surface area contributed by atoms with E-state index in [1.807, 2.05) is 43.0 Å². The van der Waals surface area contributed by atoms with Crippen molar-refractivity contribution in [2.24, 2.45) is 5.73 Å². The Bertz CT molecular complexity index is 442. The Hall–Kier alpha value is -2.08. The van der Waals surface area contributed by atoms with E-state index in [4.69, 9.17) is 11.5 Å². The summed E-state index contributed by atoms with van der Waals surface area (Å²) < 4.78 is 0. The first-order chi connectivity index (χ1) is 8.88. The number of benzene rings is 1. The van der Waals surface area contributed by atoms with Crippen molar-refractivity contribution in [3.05, 3.63) is 29.8 Å². The van der Waals surface area contributed by atoms with Crippen molar-refractivity contribution in [2.45, 2.75) is 26.4 Å². The second kappa shape index (κ2) is 6.75. The van der Waals surface area contributed by atoms with Gasteiger partial charge in [-0.1, -0.05) is 12.1 Å². The summed E-state index contributed by atoms with van der Waals surface area (Å²) in [5.41, 5.74) is 12.3. The third-order valence-electron chi connectivity index (χ3n) is 2.70. The molecule has 19 heavy (non-hydrogen) atoms. The van der Waals surface area contributed by atoms with Gasteiger partial charge in [-0.2, -0.15) is 0 Å². The fraction of sp³-hybridized carbons (Fsp3) is 0.385. The number of hydrogen-bond donors (Lipinski definition) is 3. The van der Waals surface area contributed by atoms with Gasteiger partial charge in [0.05, 0.1) is 6.54 Å². The molecule has 0 spiro atoms. The van der Waals surface area contributed by atoms with Crippen LogP contribution >= 0.6 is 0 Å². The van der Waals surface area contributed by atoms with Crippen LogP contribution in [-0.2, 0) is 11.3 Å². The number of anilines is 1. The maximum Gasteiger partial charge on any atom is 0.318 e. The first kappa shape index (κ1) is 15.0. The van der Waals surface area contributed by atoms with Gasteiger partial charge in [-0.05, 0) is 31.5 Å². The smallest absolute Gasteiger partial charge is 0.318 e. The van der Waals surface area contributed by atoms with Crippen LogP contribution in [0.1, 0.15) is 19.4 Å². The number of nitrogens with zero attached hydrogens (tertiary/aromatic N) is 1. The van der Waals surface area contributed by atoms with Crippen molar-refractivity contribution in [1.82, 2.24) is 10.2 Å². The van der Waals surface area contributed by atoms with Gasteiger partial charge in [0, 0.05) is 18.3 Å². The molecule has 0 saturated heterocycles. The van der Waals surface area contributed by atoms with E-state index in [0.29, 0.717) is 12.2 Å². The molecule has 0 heterocycles. The Kier molecular flexibility index (Phi) is 5.32. The van der Waals surface area contributed by atoms with Gasteiger partial charge >= 0.3 is 6.03 Å². The van der Waals surface area contributed by atoms with E-state index in [0.717, 1.165) is 5.56 Å². The van der Waals surface area contributed by atoms with Crippen LogP contribution in [0.25, 0.3) is 0 Å². The summed E-state index contributed by atoms with van der Waals surface area (Å²) in [6.07, 6.45) is 0. The highest BCUT2D eigenvalue weighted by Gasteiger charge is 2.15. The van der Waals surface area contributed by atoms with Gasteiger partial charge in [0.15, 0.2) is 0 Å². The van der Waals surface area contributed by atoms with Crippen LogP contribution in [-0.4, -0.2) is 29.4 Å². The van der Waals surface area contributed by atoms with Crippen LogP contribution in [0.4, 0.5) is 10.5 Å². The summed E-state index contributed by atoms with van der Waals surface area (Å²) in [5.74, 6) is -0.406. The van der Waals surface area contributed by atoms with Gasteiger partial charge in [0.1, 0.15) is 0 Å². The topological polar surface area (TPSA) is 101 Å². The first-order valence-electron chi connectivity index (χ1n) is 6.06. The molecule has 0 aliphatic rings. The Morgan fingerprint density at radius 3 is 2.32 bits per heavy atom. The lowest BCUT2D eigenvalue weighted by Crippen LogP contribution is -2.44. The quantitative estimate of drug-likeness (QED) is 0.680. The maximum absolute atomic E-state index is 11.5. The normalized spacial score (nSPS) is 10.7. The standard InChI is InChI=1S/C13H20N4O2/c1-9(2)17(8-12(18)16-13(15)19)7-10-3-5-11(14)6-4-10/h3-6,9H,7-8,14H2,1-2H3,(H3,15,16,18,19). The van der Waals surface area contributed by atoms with E-state index in [2.05, 4.69) is 5.32 Å². The van der Waals surface area contributed by atoms with Crippen molar-refractivity contribution in [1.29, 1.82) is 0 Å². The number of nitrogen functional groups attached to an aromatic ring is 1. The number of carbonyl (C=O) groups excluding carboxylic acids is 2. The molecule has 0 bridgehead atoms. The van der Waals surface area contributed by atoms with Crippen LogP contribution in [0.2, 0.25) is 0 Å². The lowest BCUT2D eigenvalue weighted by molar-refractivity contribution is -0.121. The summed E-state index contributed by atoms with van der Waals surface area (Å²) in [7, 11) is 0. The summed E-state index contributed by atoms with van der Waals surface area (Å²) >= 11 is 0. The molecule has 0 fully saturated rings. The highest BCUT2D eigenvalue weighted by Crippen LogP contribution is 2.10. The molecule has 0 aromatic heterocycles. The summed E-state index contributed by atoms with van der Waals surface area (Å²) in [6, 6.07) is 6.79. The number of nitrogens with two attached hydrogens (primary N) is 2. The molecule has 3 amide bonds. The van der Waals surface area contributed by atoms with Gasteiger partial charge in [0.25, 0.3) is 0 Å².